The second kappa shape index (κ2) is 12.3. The predicted molar refractivity (Wildman–Crippen MR) is 163 cm³/mol. The van der Waals surface area contributed by atoms with E-state index < -0.39 is 0 Å². The Hall–Kier alpha value is -4.05. The van der Waals surface area contributed by atoms with Crippen molar-refractivity contribution in [3.63, 3.8) is 0 Å². The van der Waals surface area contributed by atoms with Gasteiger partial charge in [0.1, 0.15) is 13.3 Å². The van der Waals surface area contributed by atoms with E-state index in [4.69, 9.17) is 30.8 Å². The minimum atomic E-state index is -0.327. The number of piperidine rings is 1. The Morgan fingerprint density at radius 2 is 1.88 bits per heavy atom. The number of para-hydroxylation sites is 1. The number of carbonyl (C=O) groups is 1. The van der Waals surface area contributed by atoms with Crippen LogP contribution in [0.4, 0.5) is 0 Å². The molecule has 0 amide bonds. The van der Waals surface area contributed by atoms with Crippen LogP contribution in [0.2, 0.25) is 5.02 Å². The lowest BCUT2D eigenvalue weighted by Gasteiger charge is -2.31. The highest BCUT2D eigenvalue weighted by molar-refractivity contribution is 6.35. The first-order chi connectivity index (χ1) is 21.1. The zero-order chi connectivity index (χ0) is 29.2. The second-order valence-corrected chi connectivity index (χ2v) is 11.5. The SMILES string of the molecule is O=C(OCN1CCC(c2cccc(OCc3cccc4c(Cl)ccnc34)n2)CC1)c1ccc2ncn(CC3CCO3)c2c1. The molecule has 9 nitrogen and oxygen atoms in total. The summed E-state index contributed by atoms with van der Waals surface area (Å²) in [5.74, 6) is 0.578. The smallest absolute Gasteiger partial charge is 0.339 e. The van der Waals surface area contributed by atoms with Crippen LogP contribution in [0.5, 0.6) is 5.88 Å². The summed E-state index contributed by atoms with van der Waals surface area (Å²) in [6.45, 7) is 3.81. The Morgan fingerprint density at radius 1 is 1.02 bits per heavy atom. The second-order valence-electron chi connectivity index (χ2n) is 11.1. The monoisotopic (exact) mass is 597 g/mol. The molecule has 0 N–H and O–H groups in total. The molecule has 2 aliphatic rings. The van der Waals surface area contributed by atoms with Crippen molar-refractivity contribution in [1.29, 1.82) is 0 Å². The molecule has 2 aromatic carbocycles. The van der Waals surface area contributed by atoms with Crippen molar-refractivity contribution in [1.82, 2.24) is 24.4 Å². The van der Waals surface area contributed by atoms with Gasteiger partial charge in [-0.3, -0.25) is 9.88 Å². The molecular weight excluding hydrogens is 566 g/mol. The van der Waals surface area contributed by atoms with Crippen LogP contribution in [0.25, 0.3) is 21.9 Å². The van der Waals surface area contributed by atoms with Gasteiger partial charge in [0, 0.05) is 54.5 Å². The molecule has 7 rings (SSSR count). The molecule has 2 saturated heterocycles. The maximum absolute atomic E-state index is 12.9. The van der Waals surface area contributed by atoms with Gasteiger partial charge in [-0.2, -0.15) is 0 Å². The van der Waals surface area contributed by atoms with Crippen LogP contribution in [0.3, 0.4) is 0 Å². The standard InChI is InChI=1S/C33H32ClN5O4/c34-27-9-13-35-32-24(3-1-4-26(27)32)19-42-31-6-2-5-28(37-31)22-10-14-38(15-11-22)21-43-33(40)23-7-8-29-30(17-23)39(20-36-29)18-25-12-16-41-25/h1-9,13,17,20,22,25H,10-12,14-16,18-19,21H2. The van der Waals surface area contributed by atoms with E-state index in [1.165, 1.54) is 0 Å². The molecule has 220 valence electrons. The first-order valence-electron chi connectivity index (χ1n) is 14.7. The Labute approximate surface area is 254 Å². The Morgan fingerprint density at radius 3 is 2.72 bits per heavy atom. The lowest BCUT2D eigenvalue weighted by Crippen LogP contribution is -2.35. The quantitative estimate of drug-likeness (QED) is 0.191. The molecule has 10 heteroatoms. The zero-order valence-corrected chi connectivity index (χ0v) is 24.4. The number of carbonyl (C=O) groups excluding carboxylic acids is 1. The van der Waals surface area contributed by atoms with E-state index in [-0.39, 0.29) is 18.8 Å². The van der Waals surface area contributed by atoms with E-state index in [0.717, 1.165) is 78.7 Å². The maximum Gasteiger partial charge on any atom is 0.339 e. The minimum absolute atomic E-state index is 0.216. The molecule has 3 aromatic heterocycles. The number of rotatable bonds is 9. The Kier molecular flexibility index (Phi) is 7.93. The summed E-state index contributed by atoms with van der Waals surface area (Å²) in [5.41, 5.74) is 5.13. The summed E-state index contributed by atoms with van der Waals surface area (Å²) in [4.78, 5) is 28.8. The first-order valence-corrected chi connectivity index (χ1v) is 15.1. The largest absolute Gasteiger partial charge is 0.473 e. The fraction of sp³-hybridized carbons (Fsp3) is 0.333. The maximum atomic E-state index is 12.9. The normalized spacial score (nSPS) is 17.7. The molecule has 0 aliphatic carbocycles. The van der Waals surface area contributed by atoms with Crippen molar-refractivity contribution < 1.29 is 19.0 Å². The number of imidazole rings is 1. The molecule has 1 atom stereocenters. The number of fused-ring (bicyclic) bond motifs is 2. The van der Waals surface area contributed by atoms with Crippen LogP contribution in [0.1, 0.15) is 46.8 Å². The fourth-order valence-electron chi connectivity index (χ4n) is 5.78. The van der Waals surface area contributed by atoms with Crippen LogP contribution in [0.15, 0.2) is 73.2 Å². The molecule has 5 heterocycles. The van der Waals surface area contributed by atoms with Crippen LogP contribution in [0, 0.1) is 0 Å². The van der Waals surface area contributed by atoms with Gasteiger partial charge in [0.2, 0.25) is 5.88 Å². The lowest BCUT2D eigenvalue weighted by molar-refractivity contribution is -0.0586. The number of aromatic nitrogens is 4. The summed E-state index contributed by atoms with van der Waals surface area (Å²) in [7, 11) is 0. The van der Waals surface area contributed by atoms with Gasteiger partial charge in [-0.15, -0.1) is 0 Å². The molecule has 1 unspecified atom stereocenters. The first kappa shape index (κ1) is 27.8. The van der Waals surface area contributed by atoms with Crippen LogP contribution in [-0.2, 0) is 22.6 Å². The molecule has 43 heavy (non-hydrogen) atoms. The van der Waals surface area contributed by atoms with Crippen molar-refractivity contribution in [2.75, 3.05) is 26.4 Å². The van der Waals surface area contributed by atoms with Crippen molar-refractivity contribution in [3.05, 3.63) is 95.0 Å². The summed E-state index contributed by atoms with van der Waals surface area (Å²) in [6.07, 6.45) is 6.63. The third kappa shape index (κ3) is 6.06. The van der Waals surface area contributed by atoms with Gasteiger partial charge in [-0.1, -0.05) is 35.9 Å². The van der Waals surface area contributed by atoms with E-state index in [2.05, 4.69) is 20.9 Å². The van der Waals surface area contributed by atoms with E-state index in [0.29, 0.717) is 29.0 Å². The van der Waals surface area contributed by atoms with Gasteiger partial charge >= 0.3 is 5.97 Å². The van der Waals surface area contributed by atoms with E-state index >= 15 is 0 Å². The summed E-state index contributed by atoms with van der Waals surface area (Å²) < 4.78 is 19.4. The van der Waals surface area contributed by atoms with E-state index in [1.807, 2.05) is 47.0 Å². The summed E-state index contributed by atoms with van der Waals surface area (Å²) in [5, 5.41) is 1.58. The van der Waals surface area contributed by atoms with E-state index in [9.17, 15) is 4.79 Å². The highest BCUT2D eigenvalue weighted by atomic mass is 35.5. The predicted octanol–water partition coefficient (Wildman–Crippen LogP) is 5.99. The van der Waals surface area contributed by atoms with Gasteiger partial charge in [-0.05, 0) is 49.6 Å². The Balaban J connectivity index is 0.918. The highest BCUT2D eigenvalue weighted by Gasteiger charge is 2.24. The number of hydrogen-bond acceptors (Lipinski definition) is 8. The fourth-order valence-corrected chi connectivity index (χ4v) is 5.99. The van der Waals surface area contributed by atoms with Crippen LogP contribution in [-0.4, -0.2) is 62.9 Å². The molecule has 0 spiro atoms. The topological polar surface area (TPSA) is 91.6 Å². The average molecular weight is 598 g/mol. The molecule has 2 aliphatic heterocycles. The molecule has 0 radical (unpaired) electrons. The van der Waals surface area contributed by atoms with Gasteiger partial charge in [0.15, 0.2) is 0 Å². The number of pyridine rings is 2. The Bertz CT molecular complexity index is 1760. The molecule has 0 saturated carbocycles. The lowest BCUT2D eigenvalue weighted by atomic mass is 9.93. The van der Waals surface area contributed by atoms with Gasteiger partial charge in [0.25, 0.3) is 0 Å². The molecular formula is C33H32ClN5O4. The summed E-state index contributed by atoms with van der Waals surface area (Å²) in [6, 6.07) is 19.2. The number of likely N-dealkylation sites (tertiary alicyclic amines) is 1. The number of ether oxygens (including phenoxy) is 3. The van der Waals surface area contributed by atoms with Crippen molar-refractivity contribution in [2.24, 2.45) is 0 Å². The molecule has 2 fully saturated rings. The van der Waals surface area contributed by atoms with Gasteiger partial charge in [0.05, 0.1) is 46.1 Å². The van der Waals surface area contributed by atoms with Gasteiger partial charge in [-0.25, -0.2) is 14.8 Å². The van der Waals surface area contributed by atoms with Crippen LogP contribution >= 0.6 is 11.6 Å². The number of benzene rings is 2. The molecule has 0 bridgehead atoms. The van der Waals surface area contributed by atoms with Crippen molar-refractivity contribution in [2.45, 2.75) is 44.4 Å². The van der Waals surface area contributed by atoms with Crippen LogP contribution < -0.4 is 4.74 Å². The zero-order valence-electron chi connectivity index (χ0n) is 23.7. The van der Waals surface area contributed by atoms with Crippen molar-refractivity contribution in [3.8, 4) is 5.88 Å². The number of hydrogen-bond donors (Lipinski definition) is 0. The highest BCUT2D eigenvalue weighted by Crippen LogP contribution is 2.29. The number of esters is 1. The molecule has 5 aromatic rings. The van der Waals surface area contributed by atoms with Crippen molar-refractivity contribution >= 4 is 39.5 Å². The van der Waals surface area contributed by atoms with Gasteiger partial charge < -0.3 is 18.8 Å². The minimum Gasteiger partial charge on any atom is -0.473 e. The summed E-state index contributed by atoms with van der Waals surface area (Å²) >= 11 is 6.34. The average Bonchev–Trinajstić information content (AvgIpc) is 3.43. The third-order valence-corrected chi connectivity index (χ3v) is 8.69. The number of nitrogens with zero attached hydrogens (tertiary/aromatic N) is 5. The van der Waals surface area contributed by atoms with E-state index in [1.54, 1.807) is 24.7 Å². The number of halogens is 1. The third-order valence-electron chi connectivity index (χ3n) is 8.36.